The quantitative estimate of drug-likeness (QED) is 0.723. The monoisotopic (exact) mass is 248 g/mol. The van der Waals surface area contributed by atoms with Crippen molar-refractivity contribution in [3.63, 3.8) is 0 Å². The van der Waals surface area contributed by atoms with Gasteiger partial charge in [-0.2, -0.15) is 5.26 Å². The number of aryl methyl sites for hydroxylation is 1. The smallest absolute Gasteiger partial charge is 0.100 e. The highest BCUT2D eigenvalue weighted by Crippen LogP contribution is 2.26. The molecule has 0 unspecified atom stereocenters. The van der Waals surface area contributed by atoms with Crippen LogP contribution >= 0.6 is 11.8 Å². The molecule has 0 aromatic heterocycles. The van der Waals surface area contributed by atoms with Crippen molar-refractivity contribution in [2.24, 2.45) is 0 Å². The first-order chi connectivity index (χ1) is 8.22. The summed E-state index contributed by atoms with van der Waals surface area (Å²) in [5.41, 5.74) is 2.00. The summed E-state index contributed by atoms with van der Waals surface area (Å²) in [4.78, 5) is 3.54. The minimum Gasteiger partial charge on any atom is -0.303 e. The maximum Gasteiger partial charge on any atom is 0.100 e. The molecular weight excluding hydrogens is 228 g/mol. The summed E-state index contributed by atoms with van der Waals surface area (Å²) in [6.45, 7) is 9.70. The third-order valence-electron chi connectivity index (χ3n) is 2.88. The molecule has 1 aromatic rings. The molecule has 0 spiro atoms. The molecule has 2 nitrogen and oxygen atoms in total. The van der Waals surface area contributed by atoms with Crippen LogP contribution in [0.1, 0.15) is 25.0 Å². The van der Waals surface area contributed by atoms with E-state index in [1.54, 1.807) is 11.8 Å². The highest BCUT2D eigenvalue weighted by atomic mass is 32.2. The minimum absolute atomic E-state index is 0.801. The number of hydrogen-bond acceptors (Lipinski definition) is 3. The van der Waals surface area contributed by atoms with Crippen LogP contribution in [0.3, 0.4) is 0 Å². The molecule has 3 heteroatoms. The van der Waals surface area contributed by atoms with Gasteiger partial charge in [0.15, 0.2) is 0 Å². The van der Waals surface area contributed by atoms with E-state index in [1.807, 2.05) is 12.1 Å². The van der Waals surface area contributed by atoms with Crippen molar-refractivity contribution in [2.75, 3.05) is 25.4 Å². The molecule has 0 aliphatic rings. The third kappa shape index (κ3) is 4.07. The van der Waals surface area contributed by atoms with Gasteiger partial charge in [-0.15, -0.1) is 11.8 Å². The Morgan fingerprint density at radius 3 is 2.59 bits per heavy atom. The van der Waals surface area contributed by atoms with E-state index >= 15 is 0 Å². The van der Waals surface area contributed by atoms with Crippen molar-refractivity contribution < 1.29 is 0 Å². The lowest BCUT2D eigenvalue weighted by Crippen LogP contribution is -2.25. The Balaban J connectivity index is 2.60. The molecule has 0 bridgehead atoms. The van der Waals surface area contributed by atoms with Gasteiger partial charge in [-0.1, -0.05) is 26.0 Å². The van der Waals surface area contributed by atoms with Crippen molar-refractivity contribution in [2.45, 2.75) is 25.7 Å². The van der Waals surface area contributed by atoms with E-state index in [1.165, 1.54) is 5.56 Å². The average molecular weight is 248 g/mol. The van der Waals surface area contributed by atoms with Gasteiger partial charge in [0.2, 0.25) is 0 Å². The molecule has 0 N–H and O–H groups in total. The number of thioether (sulfide) groups is 1. The maximum absolute atomic E-state index is 9.07. The normalized spacial score (nSPS) is 10.5. The summed E-state index contributed by atoms with van der Waals surface area (Å²) in [6, 6.07) is 8.18. The van der Waals surface area contributed by atoms with Crippen molar-refractivity contribution in [1.82, 2.24) is 4.90 Å². The van der Waals surface area contributed by atoms with Crippen LogP contribution in [0, 0.1) is 18.3 Å². The summed E-state index contributed by atoms with van der Waals surface area (Å²) in [7, 11) is 0. The van der Waals surface area contributed by atoms with E-state index in [9.17, 15) is 0 Å². The SMILES string of the molecule is CCN(CC)CCSc1c(C)cccc1C#N. The molecule has 0 amide bonds. The zero-order chi connectivity index (χ0) is 12.7. The number of nitriles is 1. The maximum atomic E-state index is 9.07. The van der Waals surface area contributed by atoms with E-state index in [0.717, 1.165) is 35.8 Å². The summed E-state index contributed by atoms with van der Waals surface area (Å²) < 4.78 is 0. The molecule has 92 valence electrons. The van der Waals surface area contributed by atoms with E-state index in [4.69, 9.17) is 5.26 Å². The van der Waals surface area contributed by atoms with Crippen LogP contribution < -0.4 is 0 Å². The zero-order valence-electron chi connectivity index (χ0n) is 10.9. The zero-order valence-corrected chi connectivity index (χ0v) is 11.7. The van der Waals surface area contributed by atoms with Gasteiger partial charge in [-0.25, -0.2) is 0 Å². The number of nitrogens with zero attached hydrogens (tertiary/aromatic N) is 2. The van der Waals surface area contributed by atoms with Gasteiger partial charge < -0.3 is 4.90 Å². The Morgan fingerprint density at radius 1 is 1.29 bits per heavy atom. The van der Waals surface area contributed by atoms with E-state index in [2.05, 4.69) is 37.8 Å². The lowest BCUT2D eigenvalue weighted by Gasteiger charge is -2.17. The fourth-order valence-electron chi connectivity index (χ4n) is 1.75. The number of hydrogen-bond donors (Lipinski definition) is 0. The molecule has 1 rings (SSSR count). The predicted octanol–water partition coefficient (Wildman–Crippen LogP) is 3.30. The second kappa shape index (κ2) is 7.37. The summed E-state index contributed by atoms with van der Waals surface area (Å²) in [5, 5.41) is 9.07. The van der Waals surface area contributed by atoms with E-state index in [-0.39, 0.29) is 0 Å². The molecule has 0 aliphatic carbocycles. The summed E-state index contributed by atoms with van der Waals surface area (Å²) in [5.74, 6) is 1.04. The van der Waals surface area contributed by atoms with Crippen LogP contribution in [0.5, 0.6) is 0 Å². The van der Waals surface area contributed by atoms with Gasteiger partial charge >= 0.3 is 0 Å². The van der Waals surface area contributed by atoms with Crippen LogP contribution in [0.4, 0.5) is 0 Å². The van der Waals surface area contributed by atoms with Crippen LogP contribution in [-0.4, -0.2) is 30.3 Å². The molecule has 0 heterocycles. The van der Waals surface area contributed by atoms with E-state index in [0.29, 0.717) is 0 Å². The predicted molar refractivity (Wildman–Crippen MR) is 74.4 cm³/mol. The highest BCUT2D eigenvalue weighted by molar-refractivity contribution is 7.99. The van der Waals surface area contributed by atoms with Crippen LogP contribution in [0.15, 0.2) is 23.1 Å². The second-order valence-electron chi connectivity index (χ2n) is 3.94. The molecule has 1 aromatic carbocycles. The Labute approximate surface area is 109 Å². The largest absolute Gasteiger partial charge is 0.303 e. The minimum atomic E-state index is 0.801. The van der Waals surface area contributed by atoms with Crippen molar-refractivity contribution >= 4 is 11.8 Å². The highest BCUT2D eigenvalue weighted by Gasteiger charge is 2.06. The van der Waals surface area contributed by atoms with Crippen LogP contribution in [-0.2, 0) is 0 Å². The lowest BCUT2D eigenvalue weighted by molar-refractivity contribution is 0.324. The summed E-state index contributed by atoms with van der Waals surface area (Å²) in [6.07, 6.45) is 0. The Bertz CT molecular complexity index is 392. The van der Waals surface area contributed by atoms with E-state index < -0.39 is 0 Å². The number of rotatable bonds is 6. The molecule has 0 saturated heterocycles. The number of benzene rings is 1. The van der Waals surface area contributed by atoms with Crippen molar-refractivity contribution in [3.8, 4) is 6.07 Å². The first-order valence-corrected chi connectivity index (χ1v) is 7.06. The van der Waals surface area contributed by atoms with Gasteiger partial charge in [0, 0.05) is 17.2 Å². The molecular formula is C14H20N2S. The average Bonchev–Trinajstić information content (AvgIpc) is 2.36. The summed E-state index contributed by atoms with van der Waals surface area (Å²) >= 11 is 1.79. The Hall–Kier alpha value is -0.980. The fraction of sp³-hybridized carbons (Fsp3) is 0.500. The Kier molecular flexibility index (Phi) is 6.10. The second-order valence-corrected chi connectivity index (χ2v) is 5.04. The van der Waals surface area contributed by atoms with Crippen molar-refractivity contribution in [1.29, 1.82) is 5.26 Å². The van der Waals surface area contributed by atoms with Gasteiger partial charge in [-0.3, -0.25) is 0 Å². The molecule has 0 aliphatic heterocycles. The first kappa shape index (κ1) is 14.1. The molecule has 0 atom stereocenters. The molecule has 17 heavy (non-hydrogen) atoms. The first-order valence-electron chi connectivity index (χ1n) is 6.07. The topological polar surface area (TPSA) is 27.0 Å². The van der Waals surface area contributed by atoms with Gasteiger partial charge in [0.1, 0.15) is 6.07 Å². The lowest BCUT2D eigenvalue weighted by atomic mass is 10.1. The standard InChI is InChI=1S/C14H20N2S/c1-4-16(5-2)9-10-17-14-12(3)7-6-8-13(14)11-15/h6-8H,4-5,9-10H2,1-3H3. The fourth-order valence-corrected chi connectivity index (χ4v) is 2.87. The molecule has 0 fully saturated rings. The van der Waals surface area contributed by atoms with Gasteiger partial charge in [0.25, 0.3) is 0 Å². The van der Waals surface area contributed by atoms with Crippen LogP contribution in [0.25, 0.3) is 0 Å². The third-order valence-corrected chi connectivity index (χ3v) is 4.10. The molecule has 0 radical (unpaired) electrons. The van der Waals surface area contributed by atoms with Gasteiger partial charge in [0.05, 0.1) is 5.56 Å². The Morgan fingerprint density at radius 2 is 2.00 bits per heavy atom. The molecule has 0 saturated carbocycles. The van der Waals surface area contributed by atoms with Crippen LogP contribution in [0.2, 0.25) is 0 Å². The van der Waals surface area contributed by atoms with Gasteiger partial charge in [-0.05, 0) is 31.6 Å². The van der Waals surface area contributed by atoms with Crippen molar-refractivity contribution in [3.05, 3.63) is 29.3 Å².